The molecule has 0 atom stereocenters. The number of hydrogen-bond donors (Lipinski definition) is 2. The maximum absolute atomic E-state index is 11.7. The van der Waals surface area contributed by atoms with Gasteiger partial charge in [-0.1, -0.05) is 11.3 Å². The lowest BCUT2D eigenvalue weighted by molar-refractivity contribution is -0.116. The zero-order valence-electron chi connectivity index (χ0n) is 11.5. The number of aromatic nitrogens is 1. The Bertz CT molecular complexity index is 583. The number of rotatable bonds is 7. The summed E-state index contributed by atoms with van der Waals surface area (Å²) >= 11 is 1.46. The van der Waals surface area contributed by atoms with Gasteiger partial charge in [0.15, 0.2) is 5.13 Å². The highest BCUT2D eigenvalue weighted by Crippen LogP contribution is 2.29. The van der Waals surface area contributed by atoms with Gasteiger partial charge in [0.1, 0.15) is 5.75 Å². The average Bonchev–Trinajstić information content (AvgIpc) is 2.80. The minimum atomic E-state index is -0.0115. The molecule has 1 amide bonds. The fraction of sp³-hybridized carbons (Fsp3) is 0.429. The summed E-state index contributed by atoms with van der Waals surface area (Å²) in [6.45, 7) is 3.20. The van der Waals surface area contributed by atoms with Crippen LogP contribution in [0.2, 0.25) is 0 Å². The van der Waals surface area contributed by atoms with Crippen molar-refractivity contribution in [2.24, 2.45) is 5.73 Å². The summed E-state index contributed by atoms with van der Waals surface area (Å²) < 4.78 is 6.46. The van der Waals surface area contributed by atoms with Crippen LogP contribution in [-0.2, 0) is 4.79 Å². The monoisotopic (exact) mass is 293 g/mol. The molecule has 2 aromatic rings. The number of nitrogens with zero attached hydrogens (tertiary/aromatic N) is 1. The summed E-state index contributed by atoms with van der Waals surface area (Å²) in [4.78, 5) is 16.1. The van der Waals surface area contributed by atoms with Gasteiger partial charge in [-0.05, 0) is 44.5 Å². The number of carbonyl (C=O) groups is 1. The van der Waals surface area contributed by atoms with Gasteiger partial charge in [0, 0.05) is 6.42 Å². The summed E-state index contributed by atoms with van der Waals surface area (Å²) in [6, 6.07) is 5.74. The van der Waals surface area contributed by atoms with Gasteiger partial charge in [0.2, 0.25) is 5.91 Å². The first-order valence-electron chi connectivity index (χ1n) is 6.76. The molecule has 5 nitrogen and oxygen atoms in total. The summed E-state index contributed by atoms with van der Waals surface area (Å²) in [6.07, 6.45) is 2.16. The Morgan fingerprint density at radius 2 is 2.30 bits per heavy atom. The van der Waals surface area contributed by atoms with Gasteiger partial charge in [0.25, 0.3) is 0 Å². The van der Waals surface area contributed by atoms with E-state index in [1.807, 2.05) is 25.1 Å². The highest BCUT2D eigenvalue weighted by atomic mass is 32.1. The molecule has 0 radical (unpaired) electrons. The lowest BCUT2D eigenvalue weighted by Crippen LogP contribution is -2.11. The molecular formula is C14H19N3O2S. The number of unbranched alkanes of at least 4 members (excludes halogenated alkanes) is 1. The van der Waals surface area contributed by atoms with Crippen LogP contribution >= 0.6 is 11.3 Å². The zero-order chi connectivity index (χ0) is 14.4. The second kappa shape index (κ2) is 7.21. The van der Waals surface area contributed by atoms with Crippen molar-refractivity contribution in [3.05, 3.63) is 18.2 Å². The molecule has 0 bridgehead atoms. The molecule has 6 heteroatoms. The van der Waals surface area contributed by atoms with Crippen LogP contribution in [0.5, 0.6) is 5.75 Å². The molecule has 0 saturated carbocycles. The minimum Gasteiger partial charge on any atom is -0.494 e. The fourth-order valence-corrected chi connectivity index (χ4v) is 2.74. The molecule has 0 spiro atoms. The van der Waals surface area contributed by atoms with Gasteiger partial charge in [-0.3, -0.25) is 4.79 Å². The van der Waals surface area contributed by atoms with Gasteiger partial charge in [0.05, 0.1) is 16.8 Å². The van der Waals surface area contributed by atoms with E-state index >= 15 is 0 Å². The number of ether oxygens (including phenoxy) is 1. The van der Waals surface area contributed by atoms with Crippen molar-refractivity contribution in [1.82, 2.24) is 4.98 Å². The molecule has 20 heavy (non-hydrogen) atoms. The molecule has 108 valence electrons. The number of anilines is 1. The van der Waals surface area contributed by atoms with Gasteiger partial charge in [-0.2, -0.15) is 0 Å². The lowest BCUT2D eigenvalue weighted by Gasteiger charge is -2.00. The van der Waals surface area contributed by atoms with E-state index in [0.29, 0.717) is 24.7 Å². The average molecular weight is 293 g/mol. The first-order valence-corrected chi connectivity index (χ1v) is 7.58. The van der Waals surface area contributed by atoms with Gasteiger partial charge >= 0.3 is 0 Å². The van der Waals surface area contributed by atoms with Crippen LogP contribution in [0.1, 0.15) is 26.2 Å². The quantitative estimate of drug-likeness (QED) is 0.770. The second-order valence-electron chi connectivity index (χ2n) is 4.38. The standard InChI is InChI=1S/C14H19N3O2S/c1-2-19-10-6-7-11-12(9-10)20-14(16-11)17-13(18)5-3-4-8-15/h6-7,9H,2-5,8,15H2,1H3,(H,16,17,18). The molecule has 0 fully saturated rings. The molecule has 2 rings (SSSR count). The Labute approximate surface area is 122 Å². The van der Waals surface area contributed by atoms with E-state index in [4.69, 9.17) is 10.5 Å². The Morgan fingerprint density at radius 1 is 1.45 bits per heavy atom. The highest BCUT2D eigenvalue weighted by Gasteiger charge is 2.08. The third kappa shape index (κ3) is 3.91. The van der Waals surface area contributed by atoms with Crippen LogP contribution in [0.3, 0.4) is 0 Å². The number of benzene rings is 1. The third-order valence-electron chi connectivity index (χ3n) is 2.78. The van der Waals surface area contributed by atoms with Crippen LogP contribution in [0.25, 0.3) is 10.2 Å². The van der Waals surface area contributed by atoms with Crippen molar-refractivity contribution in [1.29, 1.82) is 0 Å². The van der Waals surface area contributed by atoms with Gasteiger partial charge in [-0.15, -0.1) is 0 Å². The van der Waals surface area contributed by atoms with E-state index in [9.17, 15) is 4.79 Å². The number of nitrogens with one attached hydrogen (secondary N) is 1. The van der Waals surface area contributed by atoms with Crippen molar-refractivity contribution in [3.8, 4) is 5.75 Å². The zero-order valence-corrected chi connectivity index (χ0v) is 12.3. The van der Waals surface area contributed by atoms with Crippen LogP contribution in [0, 0.1) is 0 Å². The molecule has 0 aliphatic heterocycles. The first kappa shape index (κ1) is 14.7. The van der Waals surface area contributed by atoms with Crippen LogP contribution in [-0.4, -0.2) is 24.0 Å². The molecule has 1 aromatic carbocycles. The number of hydrogen-bond acceptors (Lipinski definition) is 5. The predicted octanol–water partition coefficient (Wildman–Crippen LogP) is 2.76. The molecule has 3 N–H and O–H groups in total. The summed E-state index contributed by atoms with van der Waals surface area (Å²) in [7, 11) is 0. The number of nitrogens with two attached hydrogens (primary N) is 1. The van der Waals surface area contributed by atoms with Crippen LogP contribution in [0.15, 0.2) is 18.2 Å². The largest absolute Gasteiger partial charge is 0.494 e. The normalized spacial score (nSPS) is 10.7. The highest BCUT2D eigenvalue weighted by molar-refractivity contribution is 7.22. The maximum atomic E-state index is 11.7. The Morgan fingerprint density at radius 3 is 3.05 bits per heavy atom. The third-order valence-corrected chi connectivity index (χ3v) is 3.71. The molecule has 0 unspecified atom stereocenters. The Kier molecular flexibility index (Phi) is 5.31. The molecule has 1 heterocycles. The smallest absolute Gasteiger partial charge is 0.226 e. The van der Waals surface area contributed by atoms with Crippen molar-refractivity contribution in [3.63, 3.8) is 0 Å². The Balaban J connectivity index is 2.02. The lowest BCUT2D eigenvalue weighted by atomic mass is 10.2. The number of thiazole rings is 1. The maximum Gasteiger partial charge on any atom is 0.226 e. The van der Waals surface area contributed by atoms with Gasteiger partial charge < -0.3 is 15.8 Å². The molecular weight excluding hydrogens is 274 g/mol. The van der Waals surface area contributed by atoms with Crippen molar-refractivity contribution in [2.75, 3.05) is 18.5 Å². The summed E-state index contributed by atoms with van der Waals surface area (Å²) in [5, 5.41) is 3.46. The van der Waals surface area contributed by atoms with E-state index < -0.39 is 0 Å². The summed E-state index contributed by atoms with van der Waals surface area (Å²) in [5.41, 5.74) is 6.27. The molecule has 0 saturated heterocycles. The molecule has 0 aliphatic carbocycles. The second-order valence-corrected chi connectivity index (χ2v) is 5.41. The summed E-state index contributed by atoms with van der Waals surface area (Å²) in [5.74, 6) is 0.812. The number of carbonyl (C=O) groups excluding carboxylic acids is 1. The van der Waals surface area contributed by atoms with E-state index in [-0.39, 0.29) is 5.91 Å². The van der Waals surface area contributed by atoms with Crippen molar-refractivity contribution >= 4 is 32.6 Å². The van der Waals surface area contributed by atoms with Crippen molar-refractivity contribution in [2.45, 2.75) is 26.2 Å². The van der Waals surface area contributed by atoms with Crippen LogP contribution < -0.4 is 15.8 Å². The Hall–Kier alpha value is -1.66. The number of fused-ring (bicyclic) bond motifs is 1. The SMILES string of the molecule is CCOc1ccc2nc(NC(=O)CCCCN)sc2c1. The number of amides is 1. The van der Waals surface area contributed by atoms with E-state index in [1.54, 1.807) is 0 Å². The van der Waals surface area contributed by atoms with E-state index in [2.05, 4.69) is 10.3 Å². The van der Waals surface area contributed by atoms with Crippen molar-refractivity contribution < 1.29 is 9.53 Å². The fourth-order valence-electron chi connectivity index (χ4n) is 1.83. The van der Waals surface area contributed by atoms with Gasteiger partial charge in [-0.25, -0.2) is 4.98 Å². The topological polar surface area (TPSA) is 77.2 Å². The molecule has 1 aromatic heterocycles. The first-order chi connectivity index (χ1) is 9.72. The molecule has 0 aliphatic rings. The van der Waals surface area contributed by atoms with E-state index in [0.717, 1.165) is 28.8 Å². The minimum absolute atomic E-state index is 0.0115. The van der Waals surface area contributed by atoms with E-state index in [1.165, 1.54) is 11.3 Å². The van der Waals surface area contributed by atoms with Crippen LogP contribution in [0.4, 0.5) is 5.13 Å². The predicted molar refractivity (Wildman–Crippen MR) is 82.3 cm³/mol.